The van der Waals surface area contributed by atoms with Crippen molar-refractivity contribution in [2.24, 2.45) is 5.14 Å². The summed E-state index contributed by atoms with van der Waals surface area (Å²) in [6, 6.07) is 23.4. The third-order valence-corrected chi connectivity index (χ3v) is 6.74. The van der Waals surface area contributed by atoms with Crippen molar-refractivity contribution in [3.8, 4) is 16.9 Å². The van der Waals surface area contributed by atoms with Gasteiger partial charge in [-0.2, -0.15) is 0 Å². The van der Waals surface area contributed by atoms with Crippen LogP contribution in [0, 0.1) is 0 Å². The molecule has 7 nitrogen and oxygen atoms in total. The number of benzene rings is 3. The van der Waals surface area contributed by atoms with E-state index in [-0.39, 0.29) is 16.6 Å². The van der Waals surface area contributed by atoms with Crippen LogP contribution in [0.5, 0.6) is 5.75 Å². The molecule has 0 aliphatic heterocycles. The molecule has 0 aliphatic carbocycles. The topological polar surface area (TPSA) is 111 Å². The summed E-state index contributed by atoms with van der Waals surface area (Å²) in [7, 11) is -2.17. The van der Waals surface area contributed by atoms with Crippen molar-refractivity contribution < 1.29 is 17.9 Å². The number of anilines is 1. The molecule has 1 amide bonds. The molecule has 4 rings (SSSR count). The zero-order chi connectivity index (χ0) is 23.4. The minimum atomic E-state index is -3.78. The number of nitrogens with one attached hydrogen (secondary N) is 1. The third kappa shape index (κ3) is 5.51. The number of fused-ring (bicyclic) bond motifs is 1. The van der Waals surface area contributed by atoms with Crippen LogP contribution in [-0.2, 0) is 14.8 Å². The van der Waals surface area contributed by atoms with Gasteiger partial charge in [0.15, 0.2) is 0 Å². The molecule has 0 saturated carbocycles. The van der Waals surface area contributed by atoms with Gasteiger partial charge in [-0.1, -0.05) is 42.1 Å². The van der Waals surface area contributed by atoms with Gasteiger partial charge in [0.05, 0.1) is 28.3 Å². The van der Waals surface area contributed by atoms with E-state index in [0.29, 0.717) is 16.5 Å². The summed E-state index contributed by atoms with van der Waals surface area (Å²) in [5, 5.41) is 9.54. The van der Waals surface area contributed by atoms with Crippen LogP contribution >= 0.6 is 11.8 Å². The van der Waals surface area contributed by atoms with Crippen LogP contribution in [-0.4, -0.2) is 32.2 Å². The molecule has 0 atom stereocenters. The third-order valence-electron chi connectivity index (χ3n) is 4.90. The quantitative estimate of drug-likeness (QED) is 0.383. The molecule has 0 unspecified atom stereocenters. The molecule has 168 valence electrons. The number of aromatic nitrogens is 1. The SMILES string of the molecule is COc1ccc2c(-c3ccccc3)cc(SCC(=O)Nc3ccc(S(N)(=O)=O)cc3)nc2c1. The molecule has 9 heteroatoms. The summed E-state index contributed by atoms with van der Waals surface area (Å²) in [5.74, 6) is 0.599. The molecule has 0 bridgehead atoms. The second kappa shape index (κ2) is 9.62. The number of hydrogen-bond donors (Lipinski definition) is 2. The van der Waals surface area contributed by atoms with Gasteiger partial charge in [-0.05, 0) is 53.6 Å². The Labute approximate surface area is 196 Å². The smallest absolute Gasteiger partial charge is 0.238 e. The van der Waals surface area contributed by atoms with Crippen molar-refractivity contribution >= 4 is 44.3 Å². The molecule has 4 aromatic rings. The van der Waals surface area contributed by atoms with Crippen LogP contribution in [0.1, 0.15) is 0 Å². The summed E-state index contributed by atoms with van der Waals surface area (Å²) in [5.41, 5.74) is 3.33. The van der Waals surface area contributed by atoms with Crippen molar-refractivity contribution in [3.05, 3.63) is 78.9 Å². The maximum atomic E-state index is 12.5. The van der Waals surface area contributed by atoms with Gasteiger partial charge >= 0.3 is 0 Å². The molecule has 0 fully saturated rings. The number of carbonyl (C=O) groups excluding carboxylic acids is 1. The Hall–Kier alpha value is -3.40. The fraction of sp³-hybridized carbons (Fsp3) is 0.0833. The van der Waals surface area contributed by atoms with Crippen LogP contribution in [0.25, 0.3) is 22.0 Å². The number of methoxy groups -OCH3 is 1. The van der Waals surface area contributed by atoms with Gasteiger partial charge in [-0.3, -0.25) is 4.79 Å². The first-order valence-corrected chi connectivity index (χ1v) is 12.5. The van der Waals surface area contributed by atoms with Gasteiger partial charge < -0.3 is 10.1 Å². The molecule has 3 N–H and O–H groups in total. The highest BCUT2D eigenvalue weighted by molar-refractivity contribution is 7.99. The predicted molar refractivity (Wildman–Crippen MR) is 131 cm³/mol. The number of ether oxygens (including phenoxy) is 1. The highest BCUT2D eigenvalue weighted by atomic mass is 32.2. The highest BCUT2D eigenvalue weighted by Crippen LogP contribution is 2.33. The number of rotatable bonds is 7. The van der Waals surface area contributed by atoms with Crippen LogP contribution in [0.15, 0.2) is 88.8 Å². The first-order chi connectivity index (χ1) is 15.8. The normalized spacial score (nSPS) is 11.3. The summed E-state index contributed by atoms with van der Waals surface area (Å²) in [6.07, 6.45) is 0. The summed E-state index contributed by atoms with van der Waals surface area (Å²) >= 11 is 1.31. The van der Waals surface area contributed by atoms with Crippen LogP contribution in [0.3, 0.4) is 0 Å². The van der Waals surface area contributed by atoms with Gasteiger partial charge in [0.1, 0.15) is 5.75 Å². The maximum Gasteiger partial charge on any atom is 0.238 e. The molecule has 1 aromatic heterocycles. The molecule has 3 aromatic carbocycles. The molecule has 0 radical (unpaired) electrons. The van der Waals surface area contributed by atoms with Crippen LogP contribution < -0.4 is 15.2 Å². The Balaban J connectivity index is 1.55. The van der Waals surface area contributed by atoms with E-state index in [9.17, 15) is 13.2 Å². The number of nitrogens with two attached hydrogens (primary N) is 1. The summed E-state index contributed by atoms with van der Waals surface area (Å²) in [6.45, 7) is 0. The van der Waals surface area contributed by atoms with Crippen molar-refractivity contribution in [1.82, 2.24) is 4.98 Å². The molecule has 0 spiro atoms. The fourth-order valence-corrected chi connectivity index (χ4v) is 4.54. The minimum Gasteiger partial charge on any atom is -0.497 e. The largest absolute Gasteiger partial charge is 0.497 e. The minimum absolute atomic E-state index is 0.0147. The first kappa shape index (κ1) is 22.8. The lowest BCUT2D eigenvalue weighted by molar-refractivity contribution is -0.113. The van der Waals surface area contributed by atoms with Crippen LogP contribution in [0.4, 0.5) is 5.69 Å². The van der Waals surface area contributed by atoms with E-state index in [1.54, 1.807) is 7.11 Å². The van der Waals surface area contributed by atoms with E-state index < -0.39 is 10.0 Å². The number of hydrogen-bond acceptors (Lipinski definition) is 6. The molecule has 1 heterocycles. The Morgan fingerprint density at radius 2 is 1.76 bits per heavy atom. The predicted octanol–water partition coefficient (Wildman–Crippen LogP) is 4.29. The van der Waals surface area contributed by atoms with Gasteiger partial charge in [0, 0.05) is 17.1 Å². The van der Waals surface area contributed by atoms with Gasteiger partial charge in [0.25, 0.3) is 0 Å². The summed E-state index contributed by atoms with van der Waals surface area (Å²) < 4.78 is 28.1. The molecule has 0 aliphatic rings. The lowest BCUT2D eigenvalue weighted by atomic mass is 10.0. The zero-order valence-electron chi connectivity index (χ0n) is 17.7. The maximum absolute atomic E-state index is 12.5. The molecular formula is C24H21N3O4S2. The van der Waals surface area contributed by atoms with Crippen molar-refractivity contribution in [1.29, 1.82) is 0 Å². The average Bonchev–Trinajstić information content (AvgIpc) is 2.82. The van der Waals surface area contributed by atoms with Crippen molar-refractivity contribution in [2.45, 2.75) is 9.92 Å². The van der Waals surface area contributed by atoms with Crippen LogP contribution in [0.2, 0.25) is 0 Å². The number of amides is 1. The molecular weight excluding hydrogens is 458 g/mol. The Morgan fingerprint density at radius 1 is 1.03 bits per heavy atom. The fourth-order valence-electron chi connectivity index (χ4n) is 3.31. The second-order valence-corrected chi connectivity index (χ2v) is 9.72. The first-order valence-electron chi connectivity index (χ1n) is 9.93. The number of pyridine rings is 1. The van der Waals surface area contributed by atoms with Gasteiger partial charge in [-0.15, -0.1) is 0 Å². The molecule has 0 saturated heterocycles. The number of carbonyl (C=O) groups is 1. The number of primary sulfonamides is 1. The van der Waals surface area contributed by atoms with E-state index in [2.05, 4.69) is 5.32 Å². The van der Waals surface area contributed by atoms with E-state index in [0.717, 1.165) is 22.0 Å². The average molecular weight is 480 g/mol. The summed E-state index contributed by atoms with van der Waals surface area (Å²) in [4.78, 5) is 17.2. The number of thioether (sulfide) groups is 1. The Morgan fingerprint density at radius 3 is 2.42 bits per heavy atom. The Kier molecular flexibility index (Phi) is 6.64. The Bertz CT molecular complexity index is 1410. The van der Waals surface area contributed by atoms with Gasteiger partial charge in [0.2, 0.25) is 15.9 Å². The monoisotopic (exact) mass is 479 g/mol. The van der Waals surface area contributed by atoms with Crippen molar-refractivity contribution in [3.63, 3.8) is 0 Å². The second-order valence-electron chi connectivity index (χ2n) is 7.16. The zero-order valence-corrected chi connectivity index (χ0v) is 19.3. The van der Waals surface area contributed by atoms with E-state index >= 15 is 0 Å². The van der Waals surface area contributed by atoms with Crippen molar-refractivity contribution in [2.75, 3.05) is 18.2 Å². The van der Waals surface area contributed by atoms with E-state index in [1.165, 1.54) is 36.0 Å². The lowest BCUT2D eigenvalue weighted by Crippen LogP contribution is -2.15. The number of sulfonamides is 1. The highest BCUT2D eigenvalue weighted by Gasteiger charge is 2.12. The van der Waals surface area contributed by atoms with E-state index in [4.69, 9.17) is 14.9 Å². The molecule has 33 heavy (non-hydrogen) atoms. The van der Waals surface area contributed by atoms with Gasteiger partial charge in [-0.25, -0.2) is 18.5 Å². The number of nitrogens with zero attached hydrogens (tertiary/aromatic N) is 1. The van der Waals surface area contributed by atoms with E-state index in [1.807, 2.05) is 54.6 Å². The lowest BCUT2D eigenvalue weighted by Gasteiger charge is -2.11. The standard InChI is InChI=1S/C24H21N3O4S2/c1-31-18-9-12-20-21(16-5-3-2-4-6-16)14-24(27-22(20)13-18)32-15-23(28)26-17-7-10-19(11-8-17)33(25,29)30/h2-14H,15H2,1H3,(H,26,28)(H2,25,29,30).